The van der Waals surface area contributed by atoms with Crippen LogP contribution in [-0.4, -0.2) is 14.2 Å². The van der Waals surface area contributed by atoms with E-state index in [0.717, 1.165) is 30.4 Å². The highest BCUT2D eigenvalue weighted by molar-refractivity contribution is 5.53. The van der Waals surface area contributed by atoms with Crippen LogP contribution in [0, 0.1) is 12.7 Å². The van der Waals surface area contributed by atoms with Gasteiger partial charge in [0, 0.05) is 11.1 Å². The third-order valence-corrected chi connectivity index (χ3v) is 3.63. The largest absolute Gasteiger partial charge is 0.492 e. The lowest BCUT2D eigenvalue weighted by Gasteiger charge is -2.40. The Morgan fingerprint density at radius 1 is 1.24 bits per heavy atom. The van der Waals surface area contributed by atoms with E-state index in [1.807, 2.05) is 6.92 Å². The summed E-state index contributed by atoms with van der Waals surface area (Å²) in [7, 11) is 2.94. The van der Waals surface area contributed by atoms with Crippen molar-refractivity contribution in [3.63, 3.8) is 0 Å². The van der Waals surface area contributed by atoms with Crippen LogP contribution in [0.3, 0.4) is 0 Å². The molecule has 1 aliphatic rings. The van der Waals surface area contributed by atoms with E-state index in [4.69, 9.17) is 15.2 Å². The van der Waals surface area contributed by atoms with Crippen molar-refractivity contribution < 1.29 is 13.9 Å². The van der Waals surface area contributed by atoms with Gasteiger partial charge in [-0.3, -0.25) is 0 Å². The average Bonchev–Trinajstić information content (AvgIpc) is 2.28. The Balaban J connectivity index is 2.58. The number of rotatable bonds is 3. The fourth-order valence-electron chi connectivity index (χ4n) is 2.48. The van der Waals surface area contributed by atoms with Crippen molar-refractivity contribution in [3.05, 3.63) is 23.0 Å². The summed E-state index contributed by atoms with van der Waals surface area (Å²) in [5.74, 6) is 0.178. The molecule has 0 heterocycles. The predicted octanol–water partition coefficient (Wildman–Crippen LogP) is 2.49. The molecule has 0 saturated heterocycles. The molecule has 0 unspecified atom stereocenters. The zero-order chi connectivity index (χ0) is 12.6. The minimum absolute atomic E-state index is 0.150. The molecule has 4 heteroatoms. The smallest absolute Gasteiger partial charge is 0.197 e. The van der Waals surface area contributed by atoms with E-state index in [-0.39, 0.29) is 5.75 Å². The van der Waals surface area contributed by atoms with E-state index in [1.54, 1.807) is 0 Å². The summed E-state index contributed by atoms with van der Waals surface area (Å²) < 4.78 is 24.2. The van der Waals surface area contributed by atoms with Gasteiger partial charge in [0.15, 0.2) is 17.3 Å². The Labute approximate surface area is 101 Å². The fraction of sp³-hybridized carbons (Fsp3) is 0.538. The van der Waals surface area contributed by atoms with Crippen LogP contribution < -0.4 is 15.2 Å². The molecular weight excluding hydrogens is 221 g/mol. The molecule has 94 valence electrons. The molecule has 0 radical (unpaired) electrons. The van der Waals surface area contributed by atoms with Crippen molar-refractivity contribution in [2.75, 3.05) is 14.2 Å². The molecule has 1 fully saturated rings. The SMILES string of the molecule is COc1c(F)cc(C2(N)CCC2)c(C)c1OC. The monoisotopic (exact) mass is 239 g/mol. The summed E-state index contributed by atoms with van der Waals surface area (Å²) in [5.41, 5.74) is 7.55. The molecule has 1 saturated carbocycles. The van der Waals surface area contributed by atoms with Crippen LogP contribution in [0.25, 0.3) is 0 Å². The zero-order valence-corrected chi connectivity index (χ0v) is 10.5. The Hall–Kier alpha value is -1.29. The van der Waals surface area contributed by atoms with Gasteiger partial charge in [0.2, 0.25) is 0 Å². The van der Waals surface area contributed by atoms with Gasteiger partial charge in [-0.05, 0) is 37.8 Å². The van der Waals surface area contributed by atoms with Gasteiger partial charge < -0.3 is 15.2 Å². The average molecular weight is 239 g/mol. The molecule has 3 nitrogen and oxygen atoms in total. The summed E-state index contributed by atoms with van der Waals surface area (Å²) >= 11 is 0. The number of nitrogens with two attached hydrogens (primary N) is 1. The van der Waals surface area contributed by atoms with E-state index in [1.165, 1.54) is 20.3 Å². The minimum atomic E-state index is -0.415. The minimum Gasteiger partial charge on any atom is -0.492 e. The third-order valence-electron chi connectivity index (χ3n) is 3.63. The van der Waals surface area contributed by atoms with Crippen LogP contribution in [0.1, 0.15) is 30.4 Å². The van der Waals surface area contributed by atoms with Gasteiger partial charge in [-0.15, -0.1) is 0 Å². The number of hydrogen-bond acceptors (Lipinski definition) is 3. The Bertz CT molecular complexity index is 442. The van der Waals surface area contributed by atoms with Gasteiger partial charge in [-0.25, -0.2) is 4.39 Å². The number of benzene rings is 1. The van der Waals surface area contributed by atoms with Gasteiger partial charge in [-0.2, -0.15) is 0 Å². The first-order valence-electron chi connectivity index (χ1n) is 5.74. The van der Waals surface area contributed by atoms with Gasteiger partial charge in [0.25, 0.3) is 0 Å². The van der Waals surface area contributed by atoms with E-state index < -0.39 is 11.4 Å². The van der Waals surface area contributed by atoms with E-state index in [2.05, 4.69) is 0 Å². The fourth-order valence-corrected chi connectivity index (χ4v) is 2.48. The van der Waals surface area contributed by atoms with E-state index in [0.29, 0.717) is 5.75 Å². The first-order valence-corrected chi connectivity index (χ1v) is 5.74. The van der Waals surface area contributed by atoms with Crippen LogP contribution in [0.5, 0.6) is 11.5 Å². The summed E-state index contributed by atoms with van der Waals surface area (Å²) in [6.45, 7) is 1.89. The van der Waals surface area contributed by atoms with Crippen LogP contribution in [-0.2, 0) is 5.54 Å². The lowest BCUT2D eigenvalue weighted by Crippen LogP contribution is -2.44. The normalized spacial score (nSPS) is 17.5. The molecule has 1 aliphatic carbocycles. The molecule has 1 aromatic rings. The maximum Gasteiger partial charge on any atom is 0.197 e. The molecule has 2 rings (SSSR count). The standard InChI is InChI=1S/C13H18FNO2/c1-8-9(13(15)5-4-6-13)7-10(14)12(17-3)11(8)16-2/h7H,4-6,15H2,1-3H3. The Morgan fingerprint density at radius 2 is 1.82 bits per heavy atom. The second-order valence-corrected chi connectivity index (χ2v) is 4.61. The highest BCUT2D eigenvalue weighted by Gasteiger charge is 2.37. The molecule has 17 heavy (non-hydrogen) atoms. The molecule has 0 spiro atoms. The highest BCUT2D eigenvalue weighted by atomic mass is 19.1. The summed E-state index contributed by atoms with van der Waals surface area (Å²) in [5, 5.41) is 0. The van der Waals surface area contributed by atoms with Crippen molar-refractivity contribution in [2.45, 2.75) is 31.7 Å². The van der Waals surface area contributed by atoms with Crippen LogP contribution in [0.15, 0.2) is 6.07 Å². The van der Waals surface area contributed by atoms with Gasteiger partial charge in [0.05, 0.1) is 14.2 Å². The summed E-state index contributed by atoms with van der Waals surface area (Å²) in [6.07, 6.45) is 2.87. The number of halogens is 1. The maximum absolute atomic E-state index is 13.9. The number of ether oxygens (including phenoxy) is 2. The van der Waals surface area contributed by atoms with Crippen molar-refractivity contribution in [1.82, 2.24) is 0 Å². The van der Waals surface area contributed by atoms with Crippen LogP contribution in [0.2, 0.25) is 0 Å². The first kappa shape index (κ1) is 12.2. The van der Waals surface area contributed by atoms with Gasteiger partial charge >= 0.3 is 0 Å². The molecule has 0 aromatic heterocycles. The summed E-state index contributed by atoms with van der Waals surface area (Å²) in [6, 6.07) is 1.48. The van der Waals surface area contributed by atoms with Gasteiger partial charge in [-0.1, -0.05) is 0 Å². The predicted molar refractivity (Wildman–Crippen MR) is 64.0 cm³/mol. The van der Waals surface area contributed by atoms with Crippen LogP contribution >= 0.6 is 0 Å². The number of methoxy groups -OCH3 is 2. The second kappa shape index (κ2) is 4.18. The first-order chi connectivity index (χ1) is 8.03. The van der Waals surface area contributed by atoms with Crippen molar-refractivity contribution >= 4 is 0 Å². The van der Waals surface area contributed by atoms with E-state index in [9.17, 15) is 4.39 Å². The highest BCUT2D eigenvalue weighted by Crippen LogP contribution is 2.45. The topological polar surface area (TPSA) is 44.5 Å². The second-order valence-electron chi connectivity index (χ2n) is 4.61. The summed E-state index contributed by atoms with van der Waals surface area (Å²) in [4.78, 5) is 0. The molecule has 0 aliphatic heterocycles. The Kier molecular flexibility index (Phi) is 3.00. The van der Waals surface area contributed by atoms with Crippen molar-refractivity contribution in [1.29, 1.82) is 0 Å². The molecule has 1 aromatic carbocycles. The van der Waals surface area contributed by atoms with Crippen molar-refractivity contribution in [3.8, 4) is 11.5 Å². The number of hydrogen-bond donors (Lipinski definition) is 1. The lowest BCUT2D eigenvalue weighted by molar-refractivity contribution is 0.248. The van der Waals surface area contributed by atoms with E-state index >= 15 is 0 Å². The molecule has 2 N–H and O–H groups in total. The molecule has 0 bridgehead atoms. The van der Waals surface area contributed by atoms with Crippen LogP contribution in [0.4, 0.5) is 4.39 Å². The van der Waals surface area contributed by atoms with Gasteiger partial charge in [0.1, 0.15) is 0 Å². The third kappa shape index (κ3) is 1.76. The molecular formula is C13H18FNO2. The zero-order valence-electron chi connectivity index (χ0n) is 10.5. The quantitative estimate of drug-likeness (QED) is 0.881. The molecule has 0 amide bonds. The molecule has 0 atom stereocenters. The Morgan fingerprint density at radius 3 is 2.24 bits per heavy atom. The maximum atomic E-state index is 13.9. The lowest BCUT2D eigenvalue weighted by atomic mass is 9.71. The van der Waals surface area contributed by atoms with Crippen molar-refractivity contribution in [2.24, 2.45) is 5.73 Å².